The lowest BCUT2D eigenvalue weighted by Crippen LogP contribution is -2.35. The van der Waals surface area contributed by atoms with Crippen LogP contribution in [0.25, 0.3) is 22.0 Å². The maximum Gasteiger partial charge on any atom is 0.268 e. The Balaban J connectivity index is 2.10. The van der Waals surface area contributed by atoms with E-state index in [4.69, 9.17) is 11.6 Å². The number of amides is 1. The Morgan fingerprint density at radius 2 is 2.17 bits per heavy atom. The van der Waals surface area contributed by atoms with Gasteiger partial charge in [-0.15, -0.1) is 0 Å². The summed E-state index contributed by atoms with van der Waals surface area (Å²) >= 11 is 5.84. The Hall–Kier alpha value is -2.40. The lowest BCUT2D eigenvalue weighted by molar-refractivity contribution is 0.0928. The van der Waals surface area contributed by atoms with Crippen molar-refractivity contribution in [2.24, 2.45) is 0 Å². The number of aromatic nitrogens is 2. The van der Waals surface area contributed by atoms with Gasteiger partial charge in [-0.1, -0.05) is 11.6 Å². The Morgan fingerprint density at radius 1 is 1.35 bits per heavy atom. The van der Waals surface area contributed by atoms with Crippen molar-refractivity contribution < 1.29 is 9.18 Å². The zero-order valence-corrected chi connectivity index (χ0v) is 13.1. The molecule has 116 valence electrons. The Kier molecular flexibility index (Phi) is 3.13. The number of nitrogens with one attached hydrogen (secondary N) is 1. The average Bonchev–Trinajstić information content (AvgIpc) is 2.82. The van der Waals surface area contributed by atoms with Crippen LogP contribution in [-0.4, -0.2) is 22.0 Å². The third kappa shape index (κ3) is 2.11. The molecule has 1 amide bonds. The average molecular weight is 330 g/mol. The first-order valence-corrected chi connectivity index (χ1v) is 7.66. The minimum Gasteiger partial charge on any atom is -0.349 e. The molecule has 0 atom stereocenters. The second-order valence-corrected chi connectivity index (χ2v) is 5.99. The van der Waals surface area contributed by atoms with Crippen molar-refractivity contribution in [2.45, 2.75) is 13.5 Å². The summed E-state index contributed by atoms with van der Waals surface area (Å²) in [6.07, 6.45) is 1.62. The third-order valence-corrected chi connectivity index (χ3v) is 4.47. The van der Waals surface area contributed by atoms with Gasteiger partial charge in [-0.05, 0) is 36.8 Å². The molecule has 0 spiro atoms. The number of rotatable bonds is 1. The normalized spacial score (nSPS) is 14.0. The Labute approximate surface area is 136 Å². The molecule has 4 nitrogen and oxygen atoms in total. The molecular weight excluding hydrogens is 317 g/mol. The first-order chi connectivity index (χ1) is 11.1. The Bertz CT molecular complexity index is 947. The summed E-state index contributed by atoms with van der Waals surface area (Å²) in [6.45, 7) is 3.07. The standard InChI is InChI=1S/C17H13ClFN3O/c1-9-12-6-11(19)7-13(10-2-3-14(18)21-8-10)16(12)22-5-4-20-17(23)15(9)22/h2-3,6-8H,4-5H2,1H3,(H,20,23). The molecule has 1 aliphatic rings. The van der Waals surface area contributed by atoms with E-state index in [9.17, 15) is 9.18 Å². The van der Waals surface area contributed by atoms with Crippen LogP contribution in [0.5, 0.6) is 0 Å². The SMILES string of the molecule is Cc1c2n(c3c(-c4ccc(Cl)nc4)cc(F)cc13)CCNC2=O. The van der Waals surface area contributed by atoms with Crippen LogP contribution in [0.15, 0.2) is 30.5 Å². The van der Waals surface area contributed by atoms with Crippen LogP contribution >= 0.6 is 11.6 Å². The Morgan fingerprint density at radius 3 is 2.91 bits per heavy atom. The molecule has 0 saturated carbocycles. The fourth-order valence-corrected chi connectivity index (χ4v) is 3.37. The van der Waals surface area contributed by atoms with Crippen LogP contribution < -0.4 is 5.32 Å². The number of fused-ring (bicyclic) bond motifs is 3. The highest BCUT2D eigenvalue weighted by atomic mass is 35.5. The van der Waals surface area contributed by atoms with Gasteiger partial charge in [-0.2, -0.15) is 0 Å². The monoisotopic (exact) mass is 329 g/mol. The molecule has 3 aromatic rings. The molecule has 4 rings (SSSR count). The van der Waals surface area contributed by atoms with E-state index in [1.165, 1.54) is 12.1 Å². The lowest BCUT2D eigenvalue weighted by atomic mass is 10.0. The van der Waals surface area contributed by atoms with Crippen molar-refractivity contribution in [3.63, 3.8) is 0 Å². The summed E-state index contributed by atoms with van der Waals surface area (Å²) in [5, 5.41) is 3.97. The highest BCUT2D eigenvalue weighted by molar-refractivity contribution is 6.29. The molecule has 0 saturated heterocycles. The predicted molar refractivity (Wildman–Crippen MR) is 87.2 cm³/mol. The summed E-state index contributed by atoms with van der Waals surface area (Å²) in [5.74, 6) is -0.459. The molecule has 0 unspecified atom stereocenters. The van der Waals surface area contributed by atoms with Crippen molar-refractivity contribution >= 4 is 28.4 Å². The summed E-state index contributed by atoms with van der Waals surface area (Å²) in [4.78, 5) is 16.3. The highest BCUT2D eigenvalue weighted by Gasteiger charge is 2.25. The number of aryl methyl sites for hydroxylation is 1. The van der Waals surface area contributed by atoms with E-state index in [0.29, 0.717) is 29.5 Å². The van der Waals surface area contributed by atoms with Gasteiger partial charge in [0.15, 0.2) is 0 Å². The summed E-state index contributed by atoms with van der Waals surface area (Å²) < 4.78 is 16.1. The maximum atomic E-state index is 14.1. The zero-order valence-electron chi connectivity index (χ0n) is 12.4. The number of hydrogen-bond acceptors (Lipinski definition) is 2. The van der Waals surface area contributed by atoms with Gasteiger partial charge in [0.2, 0.25) is 0 Å². The van der Waals surface area contributed by atoms with Crippen LogP contribution in [0.2, 0.25) is 5.15 Å². The molecule has 1 aliphatic heterocycles. The van der Waals surface area contributed by atoms with Crippen LogP contribution in [0.4, 0.5) is 4.39 Å². The molecule has 0 radical (unpaired) electrons. The zero-order chi connectivity index (χ0) is 16.1. The first-order valence-electron chi connectivity index (χ1n) is 7.28. The lowest BCUT2D eigenvalue weighted by Gasteiger charge is -2.18. The molecule has 6 heteroatoms. The van der Waals surface area contributed by atoms with Gasteiger partial charge in [0.05, 0.1) is 5.52 Å². The molecular formula is C17H13ClFN3O. The predicted octanol–water partition coefficient (Wildman–Crippen LogP) is 3.55. The number of carbonyl (C=O) groups excluding carboxylic acids is 1. The van der Waals surface area contributed by atoms with Gasteiger partial charge in [0.1, 0.15) is 16.7 Å². The molecule has 2 aromatic heterocycles. The summed E-state index contributed by atoms with van der Waals surface area (Å²) in [6, 6.07) is 6.44. The van der Waals surface area contributed by atoms with E-state index in [1.807, 2.05) is 17.6 Å². The molecule has 0 fully saturated rings. The first kappa shape index (κ1) is 14.2. The maximum absolute atomic E-state index is 14.1. The summed E-state index contributed by atoms with van der Waals surface area (Å²) in [7, 11) is 0. The van der Waals surface area contributed by atoms with Gasteiger partial charge in [0.25, 0.3) is 5.91 Å². The van der Waals surface area contributed by atoms with Gasteiger partial charge in [-0.3, -0.25) is 4.79 Å². The van der Waals surface area contributed by atoms with Crippen molar-refractivity contribution in [3.05, 3.63) is 52.7 Å². The fraction of sp³-hybridized carbons (Fsp3) is 0.176. The van der Waals surface area contributed by atoms with E-state index in [0.717, 1.165) is 22.0 Å². The van der Waals surface area contributed by atoms with E-state index < -0.39 is 0 Å². The number of hydrogen-bond donors (Lipinski definition) is 1. The van der Waals surface area contributed by atoms with Gasteiger partial charge >= 0.3 is 0 Å². The van der Waals surface area contributed by atoms with Gasteiger partial charge in [-0.25, -0.2) is 9.37 Å². The fourth-order valence-electron chi connectivity index (χ4n) is 3.25. The molecule has 1 aromatic carbocycles. The second-order valence-electron chi connectivity index (χ2n) is 5.60. The van der Waals surface area contributed by atoms with Crippen molar-refractivity contribution in [1.82, 2.24) is 14.9 Å². The number of pyridine rings is 1. The van der Waals surface area contributed by atoms with Crippen LogP contribution in [0.3, 0.4) is 0 Å². The molecule has 0 bridgehead atoms. The number of benzene rings is 1. The van der Waals surface area contributed by atoms with E-state index >= 15 is 0 Å². The van der Waals surface area contributed by atoms with E-state index in [2.05, 4.69) is 10.3 Å². The van der Waals surface area contributed by atoms with Crippen LogP contribution in [-0.2, 0) is 6.54 Å². The minimum atomic E-state index is -0.339. The smallest absolute Gasteiger partial charge is 0.268 e. The van der Waals surface area contributed by atoms with Crippen molar-refractivity contribution in [2.75, 3.05) is 6.54 Å². The highest BCUT2D eigenvalue weighted by Crippen LogP contribution is 2.35. The van der Waals surface area contributed by atoms with Gasteiger partial charge < -0.3 is 9.88 Å². The molecule has 1 N–H and O–H groups in total. The number of nitrogens with zero attached hydrogens (tertiary/aromatic N) is 2. The van der Waals surface area contributed by atoms with Crippen LogP contribution in [0.1, 0.15) is 16.1 Å². The number of carbonyl (C=O) groups is 1. The van der Waals surface area contributed by atoms with Crippen molar-refractivity contribution in [1.29, 1.82) is 0 Å². The third-order valence-electron chi connectivity index (χ3n) is 4.25. The molecule has 3 heterocycles. The quantitative estimate of drug-likeness (QED) is 0.694. The topological polar surface area (TPSA) is 46.9 Å². The van der Waals surface area contributed by atoms with Gasteiger partial charge in [0, 0.05) is 35.8 Å². The van der Waals surface area contributed by atoms with Crippen molar-refractivity contribution in [3.8, 4) is 11.1 Å². The summed E-state index contributed by atoms with van der Waals surface area (Å²) in [5.41, 5.74) is 3.73. The second kappa shape index (κ2) is 5.06. The van der Waals surface area contributed by atoms with Crippen LogP contribution in [0, 0.1) is 12.7 Å². The number of halogens is 2. The molecule has 0 aliphatic carbocycles. The van der Waals surface area contributed by atoms with E-state index in [-0.39, 0.29) is 11.7 Å². The minimum absolute atomic E-state index is 0.120. The van der Waals surface area contributed by atoms with E-state index in [1.54, 1.807) is 12.3 Å². The largest absolute Gasteiger partial charge is 0.349 e. The molecule has 23 heavy (non-hydrogen) atoms.